The second kappa shape index (κ2) is 8.48. The predicted octanol–water partition coefficient (Wildman–Crippen LogP) is 4.99. The number of hydrogen-bond acceptors (Lipinski definition) is 5. The quantitative estimate of drug-likeness (QED) is 0.256. The molecule has 29 heavy (non-hydrogen) atoms. The number of esters is 1. The monoisotopic (exact) mass is 389 g/mol. The molecule has 0 N–H and O–H groups in total. The first kappa shape index (κ1) is 19.9. The number of hydrogen-bond donors (Lipinski definition) is 0. The third kappa shape index (κ3) is 4.38. The number of ketones is 1. The summed E-state index contributed by atoms with van der Waals surface area (Å²) in [5.74, 6) is -1.32. The van der Waals surface area contributed by atoms with Gasteiger partial charge in [-0.2, -0.15) is 0 Å². The van der Waals surface area contributed by atoms with Crippen molar-refractivity contribution in [3.63, 3.8) is 0 Å². The Kier molecular flexibility index (Phi) is 5.83. The van der Waals surface area contributed by atoms with Gasteiger partial charge in [0.2, 0.25) is 5.78 Å². The van der Waals surface area contributed by atoms with Gasteiger partial charge in [0.25, 0.3) is 5.69 Å². The highest BCUT2D eigenvalue weighted by Gasteiger charge is 2.29. The Balaban J connectivity index is 1.99. The zero-order valence-electron chi connectivity index (χ0n) is 16.0. The molecule has 0 spiro atoms. The van der Waals surface area contributed by atoms with Crippen LogP contribution in [0.1, 0.15) is 43.5 Å². The summed E-state index contributed by atoms with van der Waals surface area (Å²) in [6.45, 7) is 3.83. The molecular formula is C23H19NO5. The van der Waals surface area contributed by atoms with Gasteiger partial charge in [0.15, 0.2) is 6.10 Å². The second-order valence-corrected chi connectivity index (χ2v) is 6.63. The van der Waals surface area contributed by atoms with Gasteiger partial charge in [-0.25, -0.2) is 4.79 Å². The van der Waals surface area contributed by atoms with Crippen LogP contribution in [-0.2, 0) is 4.74 Å². The van der Waals surface area contributed by atoms with Gasteiger partial charge in [0.05, 0.1) is 4.92 Å². The molecule has 1 atom stereocenters. The predicted molar refractivity (Wildman–Crippen MR) is 108 cm³/mol. The van der Waals surface area contributed by atoms with Gasteiger partial charge < -0.3 is 4.74 Å². The molecule has 6 nitrogen and oxygen atoms in total. The smallest absolute Gasteiger partial charge is 0.346 e. The highest BCUT2D eigenvalue weighted by atomic mass is 16.6. The summed E-state index contributed by atoms with van der Waals surface area (Å²) in [7, 11) is 0. The number of rotatable bonds is 6. The molecule has 0 unspecified atom stereocenters. The Morgan fingerprint density at radius 1 is 0.897 bits per heavy atom. The van der Waals surface area contributed by atoms with Crippen LogP contribution in [0.2, 0.25) is 0 Å². The molecule has 0 heterocycles. The van der Waals surface area contributed by atoms with E-state index in [0.29, 0.717) is 11.1 Å². The lowest BCUT2D eigenvalue weighted by atomic mass is 9.97. The number of aryl methyl sites for hydroxylation is 2. The van der Waals surface area contributed by atoms with Crippen LogP contribution in [0.25, 0.3) is 0 Å². The van der Waals surface area contributed by atoms with E-state index in [0.717, 1.165) is 11.1 Å². The van der Waals surface area contributed by atoms with E-state index in [2.05, 4.69) is 0 Å². The lowest BCUT2D eigenvalue weighted by Crippen LogP contribution is -2.21. The van der Waals surface area contributed by atoms with Gasteiger partial charge in [-0.1, -0.05) is 54.6 Å². The maximum Gasteiger partial charge on any atom is 0.346 e. The van der Waals surface area contributed by atoms with Crippen LogP contribution in [0.5, 0.6) is 0 Å². The Morgan fingerprint density at radius 2 is 1.55 bits per heavy atom. The molecule has 0 saturated heterocycles. The third-order valence-corrected chi connectivity index (χ3v) is 4.68. The van der Waals surface area contributed by atoms with Gasteiger partial charge in [-0.3, -0.25) is 14.9 Å². The number of benzene rings is 3. The van der Waals surface area contributed by atoms with E-state index in [-0.39, 0.29) is 11.3 Å². The number of nitro groups is 1. The van der Waals surface area contributed by atoms with Gasteiger partial charge in [-0.05, 0) is 37.1 Å². The fourth-order valence-electron chi connectivity index (χ4n) is 2.92. The van der Waals surface area contributed by atoms with Gasteiger partial charge in [0.1, 0.15) is 5.56 Å². The second-order valence-electron chi connectivity index (χ2n) is 6.63. The minimum Gasteiger partial charge on any atom is -0.445 e. The number of nitrogens with zero attached hydrogens (tertiary/aromatic N) is 1. The molecule has 0 aliphatic carbocycles. The number of Topliss-reactive ketones (excluding diaryl/α,β-unsaturated/α-hetero) is 1. The highest BCUT2D eigenvalue weighted by Crippen LogP contribution is 2.27. The molecular weight excluding hydrogens is 370 g/mol. The van der Waals surface area contributed by atoms with Crippen LogP contribution in [-0.4, -0.2) is 16.7 Å². The zero-order valence-corrected chi connectivity index (χ0v) is 16.0. The van der Waals surface area contributed by atoms with Crippen LogP contribution >= 0.6 is 0 Å². The molecule has 3 aromatic carbocycles. The summed E-state index contributed by atoms with van der Waals surface area (Å²) >= 11 is 0. The van der Waals surface area contributed by atoms with E-state index in [1.54, 1.807) is 42.5 Å². The van der Waals surface area contributed by atoms with Crippen molar-refractivity contribution in [1.82, 2.24) is 0 Å². The first-order valence-corrected chi connectivity index (χ1v) is 8.99. The fourth-order valence-corrected chi connectivity index (χ4v) is 2.92. The first-order valence-electron chi connectivity index (χ1n) is 8.99. The average Bonchev–Trinajstić information content (AvgIpc) is 2.74. The molecule has 0 bridgehead atoms. The summed E-state index contributed by atoms with van der Waals surface area (Å²) in [5, 5.41) is 11.2. The molecule has 3 aromatic rings. The number of carbonyl (C=O) groups is 2. The van der Waals surface area contributed by atoms with Crippen molar-refractivity contribution >= 4 is 17.4 Å². The van der Waals surface area contributed by atoms with Crippen molar-refractivity contribution in [2.45, 2.75) is 20.0 Å². The normalized spacial score (nSPS) is 11.5. The van der Waals surface area contributed by atoms with Crippen LogP contribution in [0, 0.1) is 24.0 Å². The average molecular weight is 389 g/mol. The number of nitro benzene ring substituents is 1. The van der Waals surface area contributed by atoms with Crippen LogP contribution < -0.4 is 0 Å². The lowest BCUT2D eigenvalue weighted by molar-refractivity contribution is -0.385. The number of ether oxygens (including phenoxy) is 1. The van der Waals surface area contributed by atoms with E-state index in [4.69, 9.17) is 4.74 Å². The van der Waals surface area contributed by atoms with Crippen molar-refractivity contribution in [2.24, 2.45) is 0 Å². The topological polar surface area (TPSA) is 86.5 Å². The van der Waals surface area contributed by atoms with E-state index < -0.39 is 22.8 Å². The molecule has 0 radical (unpaired) electrons. The van der Waals surface area contributed by atoms with E-state index in [9.17, 15) is 19.7 Å². The SMILES string of the molecule is Cc1ccc(C(=O)[C@@H](OC(=O)c2ccccc2[N+](=O)[O-])c2ccccc2)cc1C. The molecule has 3 rings (SSSR count). The Bertz CT molecular complexity index is 1080. The maximum absolute atomic E-state index is 13.2. The van der Waals surface area contributed by atoms with Crippen molar-refractivity contribution in [1.29, 1.82) is 0 Å². The minimum absolute atomic E-state index is 0.202. The van der Waals surface area contributed by atoms with E-state index in [1.165, 1.54) is 24.3 Å². The molecule has 0 amide bonds. The summed E-state index contributed by atoms with van der Waals surface area (Å²) in [6.07, 6.45) is -1.22. The summed E-state index contributed by atoms with van der Waals surface area (Å²) < 4.78 is 5.51. The van der Waals surface area contributed by atoms with Crippen LogP contribution in [0.3, 0.4) is 0 Å². The Morgan fingerprint density at radius 3 is 2.21 bits per heavy atom. The molecule has 0 aliphatic heterocycles. The highest BCUT2D eigenvalue weighted by molar-refractivity contribution is 6.03. The molecule has 0 aromatic heterocycles. The Labute approximate surface area is 167 Å². The summed E-state index contributed by atoms with van der Waals surface area (Å²) in [6, 6.07) is 19.3. The van der Waals surface area contributed by atoms with Crippen LogP contribution in [0.15, 0.2) is 72.8 Å². The van der Waals surface area contributed by atoms with Gasteiger partial charge in [0, 0.05) is 17.2 Å². The van der Waals surface area contributed by atoms with Gasteiger partial charge >= 0.3 is 5.97 Å². The number of carbonyl (C=O) groups excluding carboxylic acids is 2. The van der Waals surface area contributed by atoms with Crippen LogP contribution in [0.4, 0.5) is 5.69 Å². The van der Waals surface area contributed by atoms with Crippen molar-refractivity contribution in [2.75, 3.05) is 0 Å². The summed E-state index contributed by atoms with van der Waals surface area (Å²) in [5.41, 5.74) is 2.29. The first-order chi connectivity index (χ1) is 13.9. The molecule has 0 saturated carbocycles. The molecule has 146 valence electrons. The van der Waals surface area contributed by atoms with E-state index >= 15 is 0 Å². The summed E-state index contributed by atoms with van der Waals surface area (Å²) in [4.78, 5) is 36.5. The Hall–Kier alpha value is -3.80. The standard InChI is InChI=1S/C23H19NO5/c1-15-12-13-18(14-16(15)2)21(25)22(17-8-4-3-5-9-17)29-23(26)19-10-6-7-11-20(19)24(27)28/h3-14,22H,1-2H3/t22-/m0/s1. The number of para-hydroxylation sites is 1. The lowest BCUT2D eigenvalue weighted by Gasteiger charge is -2.18. The largest absolute Gasteiger partial charge is 0.445 e. The van der Waals surface area contributed by atoms with E-state index in [1.807, 2.05) is 19.9 Å². The third-order valence-electron chi connectivity index (χ3n) is 4.68. The molecule has 6 heteroatoms. The molecule has 0 aliphatic rings. The van der Waals surface area contributed by atoms with Gasteiger partial charge in [-0.15, -0.1) is 0 Å². The zero-order chi connectivity index (χ0) is 21.0. The van der Waals surface area contributed by atoms with Crippen molar-refractivity contribution < 1.29 is 19.2 Å². The van der Waals surface area contributed by atoms with Crippen molar-refractivity contribution in [3.8, 4) is 0 Å². The fraction of sp³-hybridized carbons (Fsp3) is 0.130. The van der Waals surface area contributed by atoms with Crippen molar-refractivity contribution in [3.05, 3.63) is 111 Å². The molecule has 0 fully saturated rings. The minimum atomic E-state index is -1.22. The maximum atomic E-state index is 13.2.